The van der Waals surface area contributed by atoms with Crippen LogP contribution in [0.15, 0.2) is 41.2 Å². The molecule has 0 radical (unpaired) electrons. The second-order valence-electron chi connectivity index (χ2n) is 4.45. The molecule has 0 fully saturated rings. The Morgan fingerprint density at radius 1 is 1.43 bits per heavy atom. The van der Waals surface area contributed by atoms with Crippen LogP contribution >= 0.6 is 0 Å². The molecule has 0 unspecified atom stereocenters. The van der Waals surface area contributed by atoms with E-state index in [2.05, 4.69) is 4.98 Å². The number of benzene rings is 1. The van der Waals surface area contributed by atoms with E-state index < -0.39 is 10.9 Å². The summed E-state index contributed by atoms with van der Waals surface area (Å²) in [6.07, 6.45) is 2.71. The van der Waals surface area contributed by atoms with Crippen molar-refractivity contribution in [1.82, 2.24) is 9.55 Å². The number of aromatic carboxylic acids is 1. The smallest absolute Gasteiger partial charge is 0.381 e. The number of hydrogen-bond acceptors (Lipinski definition) is 5. The molecule has 0 amide bonds. The number of nitrogens with zero attached hydrogens (tertiary/aromatic N) is 3. The summed E-state index contributed by atoms with van der Waals surface area (Å²) in [7, 11) is 0. The molecule has 0 spiro atoms. The Morgan fingerprint density at radius 3 is 2.90 bits per heavy atom. The Labute approximate surface area is 117 Å². The van der Waals surface area contributed by atoms with Crippen LogP contribution in [0.1, 0.15) is 16.1 Å². The molecule has 0 aliphatic rings. The first kappa shape index (κ1) is 12.9. The first-order valence-electron chi connectivity index (χ1n) is 5.95. The van der Waals surface area contributed by atoms with Gasteiger partial charge < -0.3 is 24.2 Å². The van der Waals surface area contributed by atoms with E-state index in [0.29, 0.717) is 17.5 Å². The molecule has 0 saturated heterocycles. The van der Waals surface area contributed by atoms with Gasteiger partial charge in [-0.05, 0) is 33.7 Å². The summed E-state index contributed by atoms with van der Waals surface area (Å²) in [5.74, 6) is -1.47. The molecule has 3 rings (SSSR count). The third-order valence-corrected chi connectivity index (χ3v) is 2.96. The zero-order chi connectivity index (χ0) is 15.0. The van der Waals surface area contributed by atoms with Gasteiger partial charge in [-0.25, -0.2) is 4.79 Å². The summed E-state index contributed by atoms with van der Waals surface area (Å²) in [6, 6.07) is 6.65. The van der Waals surface area contributed by atoms with Crippen molar-refractivity contribution in [2.24, 2.45) is 0 Å². The molecule has 1 N–H and O–H groups in total. The van der Waals surface area contributed by atoms with Gasteiger partial charge in [0, 0.05) is 5.39 Å². The summed E-state index contributed by atoms with van der Waals surface area (Å²) in [5, 5.41) is 20.1. The van der Waals surface area contributed by atoms with Crippen LogP contribution in [0, 0.1) is 10.1 Å². The number of imidazole rings is 1. The van der Waals surface area contributed by atoms with Crippen LogP contribution in [0.5, 0.6) is 0 Å². The van der Waals surface area contributed by atoms with Crippen LogP contribution in [0.2, 0.25) is 0 Å². The Hall–Kier alpha value is -3.16. The van der Waals surface area contributed by atoms with Crippen LogP contribution in [0.25, 0.3) is 11.0 Å². The fourth-order valence-corrected chi connectivity index (χ4v) is 2.04. The highest BCUT2D eigenvalue weighted by Crippen LogP contribution is 2.21. The van der Waals surface area contributed by atoms with E-state index in [1.807, 2.05) is 0 Å². The number of carboxylic acids is 1. The third-order valence-electron chi connectivity index (χ3n) is 2.96. The van der Waals surface area contributed by atoms with Crippen molar-refractivity contribution >= 4 is 22.8 Å². The van der Waals surface area contributed by atoms with Crippen molar-refractivity contribution in [3.63, 3.8) is 0 Å². The topological polar surface area (TPSA) is 111 Å². The van der Waals surface area contributed by atoms with Crippen molar-refractivity contribution < 1.29 is 19.2 Å². The zero-order valence-corrected chi connectivity index (χ0v) is 10.6. The Morgan fingerprint density at radius 2 is 2.24 bits per heavy atom. The summed E-state index contributed by atoms with van der Waals surface area (Å²) in [4.78, 5) is 24.5. The molecule has 8 nitrogen and oxygen atoms in total. The van der Waals surface area contributed by atoms with Crippen LogP contribution in [0.3, 0.4) is 0 Å². The predicted molar refractivity (Wildman–Crippen MR) is 71.2 cm³/mol. The van der Waals surface area contributed by atoms with Gasteiger partial charge in [0.2, 0.25) is 12.1 Å². The molecule has 2 aromatic heterocycles. The Balaban J connectivity index is 1.89. The van der Waals surface area contributed by atoms with Gasteiger partial charge in [0.15, 0.2) is 0 Å². The lowest BCUT2D eigenvalue weighted by Gasteiger charge is -2.00. The number of furan rings is 1. The molecular formula is C13H9N3O5. The zero-order valence-electron chi connectivity index (χ0n) is 10.6. The molecule has 2 heterocycles. The maximum Gasteiger partial charge on any atom is 0.381 e. The van der Waals surface area contributed by atoms with Gasteiger partial charge >= 0.3 is 11.8 Å². The van der Waals surface area contributed by atoms with Crippen LogP contribution in [-0.2, 0) is 6.54 Å². The highest BCUT2D eigenvalue weighted by molar-refractivity contribution is 5.91. The van der Waals surface area contributed by atoms with Crippen LogP contribution < -0.4 is 0 Å². The van der Waals surface area contributed by atoms with E-state index in [-0.39, 0.29) is 11.6 Å². The van der Waals surface area contributed by atoms with Gasteiger partial charge in [-0.3, -0.25) is 0 Å². The van der Waals surface area contributed by atoms with Gasteiger partial charge in [0.05, 0.1) is 6.54 Å². The maximum absolute atomic E-state index is 10.8. The van der Waals surface area contributed by atoms with Crippen LogP contribution in [0.4, 0.5) is 5.82 Å². The average molecular weight is 287 g/mol. The average Bonchev–Trinajstić information content (AvgIpc) is 3.04. The summed E-state index contributed by atoms with van der Waals surface area (Å²) >= 11 is 0. The number of carboxylic acid groups (broad SMARTS) is 1. The molecular weight excluding hydrogens is 278 g/mol. The molecule has 0 saturated carbocycles. The van der Waals surface area contributed by atoms with Crippen molar-refractivity contribution in [3.05, 3.63) is 58.2 Å². The number of fused-ring (bicyclic) bond motifs is 1. The molecule has 8 heteroatoms. The predicted octanol–water partition coefficient (Wildman–Crippen LogP) is 2.28. The van der Waals surface area contributed by atoms with Crippen LogP contribution in [-0.4, -0.2) is 25.6 Å². The van der Waals surface area contributed by atoms with Crippen molar-refractivity contribution in [3.8, 4) is 0 Å². The first-order chi connectivity index (χ1) is 10.0. The van der Waals surface area contributed by atoms with E-state index in [1.165, 1.54) is 18.6 Å². The van der Waals surface area contributed by atoms with E-state index >= 15 is 0 Å². The van der Waals surface area contributed by atoms with E-state index in [4.69, 9.17) is 9.52 Å². The number of carbonyl (C=O) groups is 1. The van der Waals surface area contributed by atoms with Crippen molar-refractivity contribution in [2.45, 2.75) is 6.54 Å². The normalized spacial score (nSPS) is 10.9. The minimum atomic E-state index is -1.13. The second-order valence-corrected chi connectivity index (χ2v) is 4.45. The number of hydrogen-bond donors (Lipinski definition) is 1. The highest BCUT2D eigenvalue weighted by atomic mass is 16.6. The third kappa shape index (κ3) is 2.46. The van der Waals surface area contributed by atoms with E-state index in [0.717, 1.165) is 5.56 Å². The minimum Gasteiger partial charge on any atom is -0.475 e. The Bertz CT molecular complexity index is 848. The fourth-order valence-electron chi connectivity index (χ4n) is 2.04. The largest absolute Gasteiger partial charge is 0.475 e. The second kappa shape index (κ2) is 4.75. The molecule has 106 valence electrons. The standard InChI is InChI=1S/C13H9N3O5/c17-13(18)11-4-9-3-8(1-2-10(9)21-11)5-15-6-12(14-7-15)16(19)20/h1-4,6-7H,5H2,(H,17,18). The number of aromatic nitrogens is 2. The maximum atomic E-state index is 10.8. The molecule has 0 aliphatic heterocycles. The molecule has 0 atom stereocenters. The summed E-state index contributed by atoms with van der Waals surface area (Å²) in [5.41, 5.74) is 1.33. The van der Waals surface area contributed by atoms with Gasteiger partial charge in [0.1, 0.15) is 11.8 Å². The lowest BCUT2D eigenvalue weighted by molar-refractivity contribution is -0.389. The molecule has 21 heavy (non-hydrogen) atoms. The van der Waals surface area contributed by atoms with Crippen molar-refractivity contribution in [1.29, 1.82) is 0 Å². The van der Waals surface area contributed by atoms with Gasteiger partial charge in [-0.15, -0.1) is 0 Å². The lowest BCUT2D eigenvalue weighted by Crippen LogP contribution is -1.96. The Kier molecular flexibility index (Phi) is 2.90. The fraction of sp³-hybridized carbons (Fsp3) is 0.0769. The van der Waals surface area contributed by atoms with Gasteiger partial charge in [-0.2, -0.15) is 0 Å². The van der Waals surface area contributed by atoms with Gasteiger partial charge in [0.25, 0.3) is 0 Å². The molecule has 0 aliphatic carbocycles. The summed E-state index contributed by atoms with van der Waals surface area (Å²) < 4.78 is 6.74. The highest BCUT2D eigenvalue weighted by Gasteiger charge is 2.12. The number of rotatable bonds is 4. The number of nitro groups is 1. The van der Waals surface area contributed by atoms with Crippen molar-refractivity contribution in [2.75, 3.05) is 0 Å². The molecule has 1 aromatic carbocycles. The first-order valence-corrected chi connectivity index (χ1v) is 5.95. The van der Waals surface area contributed by atoms with E-state index in [9.17, 15) is 14.9 Å². The lowest BCUT2D eigenvalue weighted by atomic mass is 10.1. The quantitative estimate of drug-likeness (QED) is 0.582. The monoisotopic (exact) mass is 287 g/mol. The summed E-state index contributed by atoms with van der Waals surface area (Å²) in [6.45, 7) is 0.393. The van der Waals surface area contributed by atoms with Gasteiger partial charge in [-0.1, -0.05) is 6.07 Å². The molecule has 0 bridgehead atoms. The minimum absolute atomic E-state index is 0.125. The molecule has 3 aromatic rings. The SMILES string of the molecule is O=C(O)c1cc2cc(Cn3cnc([N+](=O)[O-])c3)ccc2o1. The van der Waals surface area contributed by atoms with E-state index in [1.54, 1.807) is 22.8 Å².